The number of rotatable bonds is 2. The van der Waals surface area contributed by atoms with Crippen molar-refractivity contribution in [1.82, 2.24) is 0 Å². The number of carboxylic acids is 3. The lowest BCUT2D eigenvalue weighted by Gasteiger charge is -2.18. The summed E-state index contributed by atoms with van der Waals surface area (Å²) in [5.41, 5.74) is 0. The van der Waals surface area contributed by atoms with Gasteiger partial charge in [0.25, 0.3) is 17.9 Å². The molecule has 0 aliphatic heterocycles. The Morgan fingerprint density at radius 1 is 0.850 bits per heavy atom. The van der Waals surface area contributed by atoms with E-state index < -0.39 is 30.0 Å². The molecule has 0 fully saturated rings. The Kier molecular flexibility index (Phi) is 20.5. The number of carboxylic acid groups (broad SMARTS) is 3. The van der Waals surface area contributed by atoms with Crippen molar-refractivity contribution in [2.75, 3.05) is 0 Å². The van der Waals surface area contributed by atoms with E-state index in [1.165, 1.54) is 6.92 Å². The molecule has 0 rings (SSSR count). The third-order valence-electron chi connectivity index (χ3n) is 0.834. The van der Waals surface area contributed by atoms with Gasteiger partial charge in [0.05, 0.1) is 0 Å². The normalized spacial score (nSPS) is 10.2. The van der Waals surface area contributed by atoms with Gasteiger partial charge in [-0.25, -0.2) is 0 Å². The average Bonchev–Trinajstić information content (AvgIpc) is 2.12. The molecule has 0 aliphatic carbocycles. The Balaban J connectivity index is -0.0000000917. The minimum absolute atomic E-state index is 0.101. The van der Waals surface area contributed by atoms with Crippen LogP contribution in [0.3, 0.4) is 0 Å². The minimum atomic E-state index is -2.94. The standard InChI is InChI=1S/C4H10O4.3C2H4O2/c1-2-3(5)4(6,7)8;3*1-2(3)4/h3,5-8H,2H2,1H3;3*1H3,(H,3,4). The van der Waals surface area contributed by atoms with Gasteiger partial charge in [-0.15, -0.1) is 0 Å². The molecule has 122 valence electrons. The summed E-state index contributed by atoms with van der Waals surface area (Å²) in [6.45, 7) is 4.77. The zero-order valence-corrected chi connectivity index (χ0v) is 11.6. The van der Waals surface area contributed by atoms with Crippen LogP contribution in [0.5, 0.6) is 0 Å². The first kappa shape index (κ1) is 26.7. The van der Waals surface area contributed by atoms with Crippen molar-refractivity contribution in [2.24, 2.45) is 0 Å². The van der Waals surface area contributed by atoms with Crippen LogP contribution in [0.15, 0.2) is 0 Å². The van der Waals surface area contributed by atoms with Gasteiger partial charge in [-0.3, -0.25) is 14.4 Å². The molecule has 1 unspecified atom stereocenters. The van der Waals surface area contributed by atoms with E-state index in [1.54, 1.807) is 0 Å². The quantitative estimate of drug-likeness (QED) is 0.300. The number of aliphatic hydroxyl groups excluding tert-OH is 1. The Morgan fingerprint density at radius 3 is 1.00 bits per heavy atom. The summed E-state index contributed by atoms with van der Waals surface area (Å²) in [5, 5.41) is 55.1. The highest BCUT2D eigenvalue weighted by Crippen LogP contribution is 2.03. The van der Waals surface area contributed by atoms with Crippen LogP contribution in [-0.4, -0.2) is 65.7 Å². The smallest absolute Gasteiger partial charge is 0.302 e. The molecule has 0 aromatic rings. The van der Waals surface area contributed by atoms with E-state index >= 15 is 0 Å². The van der Waals surface area contributed by atoms with Crippen LogP contribution in [0, 0.1) is 0 Å². The molecular formula is C10H22O10. The Bertz CT molecular complexity index is 227. The van der Waals surface area contributed by atoms with E-state index in [9.17, 15) is 0 Å². The molecule has 0 aromatic heterocycles. The lowest BCUT2D eigenvalue weighted by atomic mass is 10.2. The Hall–Kier alpha value is -1.75. The summed E-state index contributed by atoms with van der Waals surface area (Å²) < 4.78 is 0. The minimum Gasteiger partial charge on any atom is -0.481 e. The van der Waals surface area contributed by atoms with Crippen molar-refractivity contribution < 1.29 is 50.1 Å². The van der Waals surface area contributed by atoms with Gasteiger partial charge in [0.1, 0.15) is 6.10 Å². The SMILES string of the molecule is CC(=O)O.CC(=O)O.CC(=O)O.CCC(O)C(O)(O)O. The summed E-state index contributed by atoms with van der Waals surface area (Å²) >= 11 is 0. The summed E-state index contributed by atoms with van der Waals surface area (Å²) in [4.78, 5) is 27.0. The maximum atomic E-state index is 9.00. The fraction of sp³-hybridized carbons (Fsp3) is 0.700. The van der Waals surface area contributed by atoms with E-state index in [2.05, 4.69) is 0 Å². The van der Waals surface area contributed by atoms with Crippen LogP contribution in [0.4, 0.5) is 0 Å². The van der Waals surface area contributed by atoms with Crippen molar-refractivity contribution >= 4 is 17.9 Å². The van der Waals surface area contributed by atoms with Crippen LogP contribution < -0.4 is 0 Å². The molecule has 0 saturated carbocycles. The molecule has 0 aromatic carbocycles. The van der Waals surface area contributed by atoms with Gasteiger partial charge in [-0.1, -0.05) is 6.92 Å². The second-order valence-electron chi connectivity index (χ2n) is 3.17. The topological polar surface area (TPSA) is 193 Å². The Morgan fingerprint density at radius 2 is 1.00 bits per heavy atom. The maximum absolute atomic E-state index is 9.00. The van der Waals surface area contributed by atoms with Gasteiger partial charge < -0.3 is 35.7 Å². The molecule has 0 amide bonds. The fourth-order valence-corrected chi connectivity index (χ4v) is 0.274. The molecular weight excluding hydrogens is 280 g/mol. The van der Waals surface area contributed by atoms with E-state index in [-0.39, 0.29) is 6.42 Å². The van der Waals surface area contributed by atoms with Gasteiger partial charge in [-0.05, 0) is 6.42 Å². The van der Waals surface area contributed by atoms with E-state index in [0.717, 1.165) is 20.8 Å². The van der Waals surface area contributed by atoms with Crippen LogP contribution in [0.2, 0.25) is 0 Å². The molecule has 0 aliphatic rings. The predicted octanol–water partition coefficient (Wildman–Crippen LogP) is -1.34. The summed E-state index contributed by atoms with van der Waals surface area (Å²) in [5.74, 6) is -5.44. The molecule has 0 spiro atoms. The van der Waals surface area contributed by atoms with Gasteiger partial charge in [0.2, 0.25) is 0 Å². The zero-order chi connectivity index (χ0) is 17.5. The number of hydrogen-bond donors (Lipinski definition) is 7. The highest BCUT2D eigenvalue weighted by atomic mass is 16.7. The molecule has 10 nitrogen and oxygen atoms in total. The number of aliphatic hydroxyl groups is 4. The van der Waals surface area contributed by atoms with E-state index in [0.29, 0.717) is 0 Å². The molecule has 10 heteroatoms. The lowest BCUT2D eigenvalue weighted by molar-refractivity contribution is -0.354. The molecule has 0 radical (unpaired) electrons. The van der Waals surface area contributed by atoms with E-state index in [4.69, 9.17) is 50.1 Å². The predicted molar refractivity (Wildman–Crippen MR) is 65.6 cm³/mol. The second kappa shape index (κ2) is 15.3. The van der Waals surface area contributed by atoms with Crippen molar-refractivity contribution in [3.63, 3.8) is 0 Å². The van der Waals surface area contributed by atoms with Gasteiger partial charge in [0.15, 0.2) is 0 Å². The van der Waals surface area contributed by atoms with Crippen LogP contribution >= 0.6 is 0 Å². The average molecular weight is 302 g/mol. The Labute approximate surface area is 115 Å². The molecule has 7 N–H and O–H groups in total. The highest BCUT2D eigenvalue weighted by Gasteiger charge is 2.27. The van der Waals surface area contributed by atoms with Crippen molar-refractivity contribution in [1.29, 1.82) is 0 Å². The summed E-state index contributed by atoms with van der Waals surface area (Å²) in [6.07, 6.45) is -1.38. The third-order valence-corrected chi connectivity index (χ3v) is 0.834. The monoisotopic (exact) mass is 302 g/mol. The first-order valence-corrected chi connectivity index (χ1v) is 5.12. The van der Waals surface area contributed by atoms with Crippen LogP contribution in [0.25, 0.3) is 0 Å². The van der Waals surface area contributed by atoms with Gasteiger partial charge in [-0.2, -0.15) is 0 Å². The lowest BCUT2D eigenvalue weighted by Crippen LogP contribution is -2.41. The number of carbonyl (C=O) groups is 3. The third kappa shape index (κ3) is 96.7. The van der Waals surface area contributed by atoms with Gasteiger partial charge >= 0.3 is 5.97 Å². The molecule has 0 bridgehead atoms. The van der Waals surface area contributed by atoms with Crippen molar-refractivity contribution in [3.05, 3.63) is 0 Å². The fourth-order valence-electron chi connectivity index (χ4n) is 0.274. The van der Waals surface area contributed by atoms with E-state index in [1.807, 2.05) is 0 Å². The molecule has 0 heterocycles. The summed E-state index contributed by atoms with van der Waals surface area (Å²) in [6, 6.07) is 0. The van der Waals surface area contributed by atoms with Gasteiger partial charge in [0, 0.05) is 20.8 Å². The maximum Gasteiger partial charge on any atom is 0.302 e. The molecule has 0 saturated heterocycles. The number of hydrogen-bond acceptors (Lipinski definition) is 7. The number of aliphatic carboxylic acids is 3. The second-order valence-corrected chi connectivity index (χ2v) is 3.17. The van der Waals surface area contributed by atoms with Crippen molar-refractivity contribution in [3.8, 4) is 0 Å². The first-order chi connectivity index (χ1) is 8.68. The van der Waals surface area contributed by atoms with Crippen molar-refractivity contribution in [2.45, 2.75) is 46.2 Å². The summed E-state index contributed by atoms with van der Waals surface area (Å²) in [7, 11) is 0. The van der Waals surface area contributed by atoms with Crippen LogP contribution in [-0.2, 0) is 14.4 Å². The molecule has 1 atom stereocenters. The first-order valence-electron chi connectivity index (χ1n) is 5.12. The highest BCUT2D eigenvalue weighted by molar-refractivity contribution is 5.63. The molecule has 20 heavy (non-hydrogen) atoms. The van der Waals surface area contributed by atoms with Crippen LogP contribution in [0.1, 0.15) is 34.1 Å². The largest absolute Gasteiger partial charge is 0.481 e. The zero-order valence-electron chi connectivity index (χ0n) is 11.6.